The molecule has 1 atom stereocenters. The van der Waals surface area contributed by atoms with Crippen LogP contribution in [0.5, 0.6) is 0 Å². The molecule has 0 saturated heterocycles. The van der Waals surface area contributed by atoms with E-state index in [0.717, 1.165) is 6.54 Å². The summed E-state index contributed by atoms with van der Waals surface area (Å²) < 4.78 is 0. The molecule has 0 spiro atoms. The average Bonchev–Trinajstić information content (AvgIpc) is 2.79. The predicted molar refractivity (Wildman–Crippen MR) is 83.6 cm³/mol. The van der Waals surface area contributed by atoms with Crippen LogP contribution in [-0.4, -0.2) is 6.54 Å². The molecule has 0 bridgehead atoms. The largest absolute Gasteiger partial charge is 0.310 e. The zero-order valence-electron chi connectivity index (χ0n) is 13.3. The van der Waals surface area contributed by atoms with Crippen LogP contribution in [0, 0.1) is 26.2 Å². The van der Waals surface area contributed by atoms with Gasteiger partial charge in [-0.1, -0.05) is 38.8 Å². The fraction of sp³-hybridized carbons (Fsp3) is 0.667. The Kier molecular flexibility index (Phi) is 4.35. The zero-order chi connectivity index (χ0) is 14.0. The van der Waals surface area contributed by atoms with E-state index in [2.05, 4.69) is 52.1 Å². The Morgan fingerprint density at radius 1 is 1.05 bits per heavy atom. The molecule has 106 valence electrons. The van der Waals surface area contributed by atoms with Crippen LogP contribution in [0.15, 0.2) is 12.1 Å². The Bertz CT molecular complexity index is 441. The Labute approximate surface area is 118 Å². The van der Waals surface area contributed by atoms with Gasteiger partial charge in [0.05, 0.1) is 0 Å². The third-order valence-electron chi connectivity index (χ3n) is 5.04. The van der Waals surface area contributed by atoms with Gasteiger partial charge in [0, 0.05) is 6.04 Å². The van der Waals surface area contributed by atoms with Crippen LogP contribution in [0.2, 0.25) is 0 Å². The monoisotopic (exact) mass is 259 g/mol. The quantitative estimate of drug-likeness (QED) is 0.815. The molecule has 19 heavy (non-hydrogen) atoms. The first-order valence-corrected chi connectivity index (χ1v) is 7.79. The summed E-state index contributed by atoms with van der Waals surface area (Å²) in [5, 5.41) is 3.77. The second kappa shape index (κ2) is 5.66. The molecule has 1 saturated carbocycles. The van der Waals surface area contributed by atoms with Crippen molar-refractivity contribution in [1.29, 1.82) is 0 Å². The third-order valence-corrected chi connectivity index (χ3v) is 5.04. The highest BCUT2D eigenvalue weighted by molar-refractivity contribution is 5.39. The topological polar surface area (TPSA) is 12.0 Å². The van der Waals surface area contributed by atoms with E-state index in [1.54, 1.807) is 0 Å². The van der Waals surface area contributed by atoms with Crippen LogP contribution >= 0.6 is 0 Å². The van der Waals surface area contributed by atoms with E-state index in [4.69, 9.17) is 0 Å². The lowest BCUT2D eigenvalue weighted by Gasteiger charge is -2.36. The van der Waals surface area contributed by atoms with Crippen molar-refractivity contribution in [2.45, 2.75) is 66.3 Å². The normalized spacial score (nSPS) is 19.6. The van der Waals surface area contributed by atoms with Gasteiger partial charge in [-0.15, -0.1) is 0 Å². The van der Waals surface area contributed by atoms with Gasteiger partial charge in [0.25, 0.3) is 0 Å². The molecule has 0 heterocycles. The number of rotatable bonds is 4. The van der Waals surface area contributed by atoms with Gasteiger partial charge in [0.2, 0.25) is 0 Å². The lowest BCUT2D eigenvalue weighted by Crippen LogP contribution is -2.35. The summed E-state index contributed by atoms with van der Waals surface area (Å²) in [6.45, 7) is 12.5. The predicted octanol–water partition coefficient (Wildman–Crippen LogP) is 4.84. The highest BCUT2D eigenvalue weighted by Gasteiger charge is 2.38. The SMILES string of the molecule is CCNC(c1cc(C)c(C)cc1C)C1(C)CCCC1. The van der Waals surface area contributed by atoms with Gasteiger partial charge in [0.15, 0.2) is 0 Å². The number of hydrogen-bond acceptors (Lipinski definition) is 1. The van der Waals surface area contributed by atoms with Gasteiger partial charge in [-0.25, -0.2) is 0 Å². The number of nitrogens with one attached hydrogen (secondary N) is 1. The Morgan fingerprint density at radius 2 is 1.63 bits per heavy atom. The van der Waals surface area contributed by atoms with Gasteiger partial charge >= 0.3 is 0 Å². The first kappa shape index (κ1) is 14.6. The molecule has 1 nitrogen and oxygen atoms in total. The molecule has 1 aliphatic rings. The minimum Gasteiger partial charge on any atom is -0.310 e. The molecule has 0 amide bonds. The summed E-state index contributed by atoms with van der Waals surface area (Å²) >= 11 is 0. The second-order valence-electron chi connectivity index (χ2n) is 6.64. The summed E-state index contributed by atoms with van der Waals surface area (Å²) in [5.74, 6) is 0. The second-order valence-corrected chi connectivity index (χ2v) is 6.64. The smallest absolute Gasteiger partial charge is 0.0377 e. The molecular weight excluding hydrogens is 230 g/mol. The third kappa shape index (κ3) is 2.86. The lowest BCUT2D eigenvalue weighted by atomic mass is 9.75. The Hall–Kier alpha value is -0.820. The molecule has 1 aromatic carbocycles. The first-order chi connectivity index (χ1) is 8.98. The van der Waals surface area contributed by atoms with Crippen LogP contribution in [0.1, 0.15) is 67.8 Å². The zero-order valence-corrected chi connectivity index (χ0v) is 13.3. The number of hydrogen-bond donors (Lipinski definition) is 1. The fourth-order valence-electron chi connectivity index (χ4n) is 3.70. The van der Waals surface area contributed by atoms with Gasteiger partial charge in [-0.05, 0) is 67.8 Å². The molecule has 1 aromatic rings. The van der Waals surface area contributed by atoms with Crippen molar-refractivity contribution < 1.29 is 0 Å². The van der Waals surface area contributed by atoms with Crippen molar-refractivity contribution in [2.75, 3.05) is 6.54 Å². The molecule has 0 aliphatic heterocycles. The summed E-state index contributed by atoms with van der Waals surface area (Å²) in [7, 11) is 0. The first-order valence-electron chi connectivity index (χ1n) is 7.79. The van der Waals surface area contributed by atoms with E-state index in [1.165, 1.54) is 47.9 Å². The van der Waals surface area contributed by atoms with E-state index in [9.17, 15) is 0 Å². The summed E-state index contributed by atoms with van der Waals surface area (Å²) in [4.78, 5) is 0. The number of aryl methyl sites for hydroxylation is 3. The van der Waals surface area contributed by atoms with Crippen molar-refractivity contribution in [3.05, 3.63) is 34.4 Å². The molecule has 0 aromatic heterocycles. The maximum Gasteiger partial charge on any atom is 0.0377 e. The van der Waals surface area contributed by atoms with Crippen LogP contribution < -0.4 is 5.32 Å². The van der Waals surface area contributed by atoms with E-state index in [0.29, 0.717) is 11.5 Å². The molecule has 1 unspecified atom stereocenters. The van der Waals surface area contributed by atoms with Crippen molar-refractivity contribution in [3.63, 3.8) is 0 Å². The molecule has 1 N–H and O–H groups in total. The molecule has 1 fully saturated rings. The van der Waals surface area contributed by atoms with E-state index >= 15 is 0 Å². The molecule has 1 heteroatoms. The van der Waals surface area contributed by atoms with Gasteiger partial charge in [-0.3, -0.25) is 0 Å². The Balaban J connectivity index is 2.41. The van der Waals surface area contributed by atoms with Crippen LogP contribution in [-0.2, 0) is 0 Å². The maximum absolute atomic E-state index is 3.77. The van der Waals surface area contributed by atoms with Crippen molar-refractivity contribution >= 4 is 0 Å². The molecule has 1 aliphatic carbocycles. The van der Waals surface area contributed by atoms with Crippen LogP contribution in [0.4, 0.5) is 0 Å². The number of benzene rings is 1. The van der Waals surface area contributed by atoms with Gasteiger partial charge in [-0.2, -0.15) is 0 Å². The highest BCUT2D eigenvalue weighted by Crippen LogP contribution is 2.48. The molecule has 2 rings (SSSR count). The molecule has 0 radical (unpaired) electrons. The minimum absolute atomic E-state index is 0.433. The van der Waals surface area contributed by atoms with Crippen LogP contribution in [0.25, 0.3) is 0 Å². The highest BCUT2D eigenvalue weighted by atomic mass is 14.9. The minimum atomic E-state index is 0.433. The van der Waals surface area contributed by atoms with Crippen LogP contribution in [0.3, 0.4) is 0 Å². The average molecular weight is 259 g/mol. The summed E-state index contributed by atoms with van der Waals surface area (Å²) in [6.07, 6.45) is 5.50. The maximum atomic E-state index is 3.77. The van der Waals surface area contributed by atoms with E-state index in [1.807, 2.05) is 0 Å². The van der Waals surface area contributed by atoms with E-state index < -0.39 is 0 Å². The van der Waals surface area contributed by atoms with Crippen molar-refractivity contribution in [2.24, 2.45) is 5.41 Å². The van der Waals surface area contributed by atoms with Gasteiger partial charge < -0.3 is 5.32 Å². The standard InChI is InChI=1S/C18H29N/c1-6-19-17(18(5)9-7-8-10-18)16-12-14(3)13(2)11-15(16)4/h11-12,17,19H,6-10H2,1-5H3. The van der Waals surface area contributed by atoms with Gasteiger partial charge in [0.1, 0.15) is 0 Å². The summed E-state index contributed by atoms with van der Waals surface area (Å²) in [5.41, 5.74) is 6.23. The lowest BCUT2D eigenvalue weighted by molar-refractivity contribution is 0.225. The van der Waals surface area contributed by atoms with Crippen molar-refractivity contribution in [3.8, 4) is 0 Å². The Morgan fingerprint density at radius 3 is 2.21 bits per heavy atom. The molecular formula is C18H29N. The van der Waals surface area contributed by atoms with E-state index in [-0.39, 0.29) is 0 Å². The summed E-state index contributed by atoms with van der Waals surface area (Å²) in [6, 6.07) is 5.29. The van der Waals surface area contributed by atoms with Crippen molar-refractivity contribution in [1.82, 2.24) is 5.32 Å². The fourth-order valence-corrected chi connectivity index (χ4v) is 3.70.